The van der Waals surface area contributed by atoms with E-state index in [4.69, 9.17) is 22.3 Å². The highest BCUT2D eigenvalue weighted by atomic mass is 35.5. The number of aryl methyl sites for hydroxylation is 1. The molecule has 0 amide bonds. The Morgan fingerprint density at radius 3 is 2.82 bits per heavy atom. The smallest absolute Gasteiger partial charge is 0.228 e. The number of hydrogen-bond acceptors (Lipinski definition) is 7. The minimum atomic E-state index is -0.856. The Balaban J connectivity index is 1.77. The SMILES string of the molecule is Cc1nc(N)nc(N[C@@H](C)c2cc3cccc(Cl)c3nc2N2CC[C@H](F)C2)n1. The summed E-state index contributed by atoms with van der Waals surface area (Å²) in [7, 11) is 0. The highest BCUT2D eigenvalue weighted by molar-refractivity contribution is 6.35. The summed E-state index contributed by atoms with van der Waals surface area (Å²) in [6.45, 7) is 4.67. The number of nitrogen functional groups attached to an aromatic ring is 1. The lowest BCUT2D eigenvalue weighted by Gasteiger charge is -2.24. The summed E-state index contributed by atoms with van der Waals surface area (Å²) in [5, 5.41) is 4.75. The first-order valence-electron chi connectivity index (χ1n) is 9.13. The highest BCUT2D eigenvalue weighted by Gasteiger charge is 2.27. The molecule has 7 nitrogen and oxygen atoms in total. The second-order valence-electron chi connectivity index (χ2n) is 6.98. The molecule has 0 aliphatic carbocycles. The summed E-state index contributed by atoms with van der Waals surface area (Å²) < 4.78 is 13.9. The van der Waals surface area contributed by atoms with E-state index in [0.29, 0.717) is 41.8 Å². The van der Waals surface area contributed by atoms with E-state index < -0.39 is 6.17 Å². The quantitative estimate of drug-likeness (QED) is 0.688. The van der Waals surface area contributed by atoms with E-state index >= 15 is 0 Å². The lowest BCUT2D eigenvalue weighted by atomic mass is 10.1. The van der Waals surface area contributed by atoms with Crippen molar-refractivity contribution < 1.29 is 4.39 Å². The summed E-state index contributed by atoms with van der Waals surface area (Å²) >= 11 is 6.35. The molecule has 1 aromatic carbocycles. The van der Waals surface area contributed by atoms with Gasteiger partial charge in [0.15, 0.2) is 0 Å². The molecular formula is C19H21ClFN7. The number of para-hydroxylation sites is 1. The molecule has 1 fully saturated rings. The molecule has 2 aromatic heterocycles. The number of benzene rings is 1. The molecule has 3 aromatic rings. The number of nitrogens with one attached hydrogen (secondary N) is 1. The van der Waals surface area contributed by atoms with Crippen molar-refractivity contribution in [3.63, 3.8) is 0 Å². The van der Waals surface area contributed by atoms with Crippen LogP contribution in [0.1, 0.15) is 30.8 Å². The number of nitrogens with two attached hydrogens (primary N) is 1. The Morgan fingerprint density at radius 1 is 1.29 bits per heavy atom. The predicted octanol–water partition coefficient (Wildman–Crippen LogP) is 3.69. The second-order valence-corrected chi connectivity index (χ2v) is 7.38. The van der Waals surface area contributed by atoms with E-state index in [1.54, 1.807) is 13.0 Å². The maximum absolute atomic E-state index is 13.9. The minimum absolute atomic E-state index is 0.158. The molecule has 1 aliphatic heterocycles. The van der Waals surface area contributed by atoms with Gasteiger partial charge in [-0.3, -0.25) is 0 Å². The molecule has 3 heterocycles. The predicted molar refractivity (Wildman–Crippen MR) is 109 cm³/mol. The van der Waals surface area contributed by atoms with Gasteiger partial charge in [-0.2, -0.15) is 15.0 Å². The number of fused-ring (bicyclic) bond motifs is 1. The van der Waals surface area contributed by atoms with Crippen LogP contribution in [0, 0.1) is 6.92 Å². The van der Waals surface area contributed by atoms with E-state index in [1.165, 1.54) is 0 Å². The van der Waals surface area contributed by atoms with Crippen LogP contribution in [0.3, 0.4) is 0 Å². The van der Waals surface area contributed by atoms with Crippen LogP contribution < -0.4 is 16.0 Å². The van der Waals surface area contributed by atoms with Crippen molar-refractivity contribution >= 4 is 40.2 Å². The number of pyridine rings is 1. The lowest BCUT2D eigenvalue weighted by molar-refractivity contribution is 0.364. The zero-order chi connectivity index (χ0) is 19.8. The van der Waals surface area contributed by atoms with Gasteiger partial charge < -0.3 is 16.0 Å². The van der Waals surface area contributed by atoms with Crippen LogP contribution in [0.2, 0.25) is 5.02 Å². The molecule has 28 heavy (non-hydrogen) atoms. The molecule has 1 saturated heterocycles. The molecular weight excluding hydrogens is 381 g/mol. The summed E-state index contributed by atoms with van der Waals surface area (Å²) in [6, 6.07) is 7.49. The molecule has 146 valence electrons. The van der Waals surface area contributed by atoms with Gasteiger partial charge in [0.1, 0.15) is 17.8 Å². The largest absolute Gasteiger partial charge is 0.368 e. The zero-order valence-electron chi connectivity index (χ0n) is 15.7. The molecule has 4 rings (SSSR count). The van der Waals surface area contributed by atoms with Crippen molar-refractivity contribution in [1.29, 1.82) is 0 Å². The third-order valence-corrected chi connectivity index (χ3v) is 5.12. The van der Waals surface area contributed by atoms with E-state index in [2.05, 4.69) is 20.3 Å². The van der Waals surface area contributed by atoms with Crippen molar-refractivity contribution in [2.45, 2.75) is 32.5 Å². The Morgan fingerprint density at radius 2 is 2.11 bits per heavy atom. The molecule has 0 unspecified atom stereocenters. The average Bonchev–Trinajstić information content (AvgIpc) is 3.06. The van der Waals surface area contributed by atoms with Gasteiger partial charge >= 0.3 is 0 Å². The van der Waals surface area contributed by atoms with E-state index in [9.17, 15) is 4.39 Å². The van der Waals surface area contributed by atoms with Crippen molar-refractivity contribution in [3.05, 3.63) is 40.7 Å². The van der Waals surface area contributed by atoms with Gasteiger partial charge in [0.2, 0.25) is 11.9 Å². The maximum atomic E-state index is 13.9. The minimum Gasteiger partial charge on any atom is -0.368 e. The standard InChI is InChI=1S/C19H21ClFN7/c1-10(23-19-25-11(2)24-18(22)27-19)14-8-12-4-3-5-15(20)16(12)26-17(14)28-7-6-13(21)9-28/h3-5,8,10,13H,6-7,9H2,1-2H3,(H3,22,23,24,25,27)/t10-,13-/m0/s1. The van der Waals surface area contributed by atoms with Gasteiger partial charge in [-0.05, 0) is 32.4 Å². The topological polar surface area (TPSA) is 92.8 Å². The van der Waals surface area contributed by atoms with Crippen LogP contribution in [-0.2, 0) is 0 Å². The van der Waals surface area contributed by atoms with Gasteiger partial charge in [-0.15, -0.1) is 0 Å². The first-order chi connectivity index (χ1) is 13.4. The molecule has 3 N–H and O–H groups in total. The van der Waals surface area contributed by atoms with Crippen LogP contribution >= 0.6 is 11.6 Å². The van der Waals surface area contributed by atoms with Gasteiger partial charge in [0, 0.05) is 17.5 Å². The van der Waals surface area contributed by atoms with Crippen molar-refractivity contribution in [2.75, 3.05) is 29.0 Å². The first-order valence-corrected chi connectivity index (χ1v) is 9.51. The van der Waals surface area contributed by atoms with E-state index in [-0.39, 0.29) is 12.0 Å². The number of hydrogen-bond donors (Lipinski definition) is 2. The van der Waals surface area contributed by atoms with Gasteiger partial charge in [-0.25, -0.2) is 9.37 Å². The molecule has 0 saturated carbocycles. The molecule has 9 heteroatoms. The third kappa shape index (κ3) is 3.64. The molecule has 1 aliphatic rings. The van der Waals surface area contributed by atoms with Gasteiger partial charge in [-0.1, -0.05) is 23.7 Å². The van der Waals surface area contributed by atoms with Crippen LogP contribution in [0.25, 0.3) is 10.9 Å². The number of alkyl halides is 1. The van der Waals surface area contributed by atoms with Crippen LogP contribution in [-0.4, -0.2) is 39.2 Å². The number of nitrogens with zero attached hydrogens (tertiary/aromatic N) is 5. The zero-order valence-corrected chi connectivity index (χ0v) is 16.4. The fraction of sp³-hybridized carbons (Fsp3) is 0.368. The van der Waals surface area contributed by atoms with Crippen LogP contribution in [0.15, 0.2) is 24.3 Å². The Hall–Kier alpha value is -2.74. The monoisotopic (exact) mass is 401 g/mol. The summed E-state index contributed by atoms with van der Waals surface area (Å²) in [4.78, 5) is 19.2. The number of anilines is 3. The first kappa shape index (κ1) is 18.6. The van der Waals surface area contributed by atoms with E-state index in [0.717, 1.165) is 16.8 Å². The van der Waals surface area contributed by atoms with E-state index in [1.807, 2.05) is 30.0 Å². The normalized spacial score (nSPS) is 17.9. The average molecular weight is 402 g/mol. The van der Waals surface area contributed by atoms with Crippen LogP contribution in [0.4, 0.5) is 22.1 Å². The van der Waals surface area contributed by atoms with Crippen molar-refractivity contribution in [2.24, 2.45) is 0 Å². The second kappa shape index (κ2) is 7.35. The summed E-state index contributed by atoms with van der Waals surface area (Å²) in [6.07, 6.45) is -0.363. The fourth-order valence-electron chi connectivity index (χ4n) is 3.49. The Labute approximate surface area is 167 Å². The van der Waals surface area contributed by atoms with Gasteiger partial charge in [0.05, 0.1) is 23.1 Å². The lowest BCUT2D eigenvalue weighted by Crippen LogP contribution is -2.24. The molecule has 0 bridgehead atoms. The summed E-state index contributed by atoms with van der Waals surface area (Å²) in [5.41, 5.74) is 7.35. The Kier molecular flexibility index (Phi) is 4.89. The molecule has 2 atom stereocenters. The van der Waals surface area contributed by atoms with Crippen molar-refractivity contribution in [1.82, 2.24) is 19.9 Å². The number of rotatable bonds is 4. The number of aromatic nitrogens is 4. The Bertz CT molecular complexity index is 1010. The van der Waals surface area contributed by atoms with Crippen LogP contribution in [0.5, 0.6) is 0 Å². The van der Waals surface area contributed by atoms with Gasteiger partial charge in [0.25, 0.3) is 0 Å². The third-order valence-electron chi connectivity index (χ3n) is 4.81. The molecule has 0 radical (unpaired) electrons. The molecule has 0 spiro atoms. The summed E-state index contributed by atoms with van der Waals surface area (Å²) in [5.74, 6) is 1.80. The van der Waals surface area contributed by atoms with Crippen molar-refractivity contribution in [3.8, 4) is 0 Å². The maximum Gasteiger partial charge on any atom is 0.228 e. The fourth-order valence-corrected chi connectivity index (χ4v) is 3.71. The number of halogens is 2. The highest BCUT2D eigenvalue weighted by Crippen LogP contribution is 2.34.